The molecule has 1 amide bonds. The minimum Gasteiger partial charge on any atom is -0.364 e. The first-order valence-corrected chi connectivity index (χ1v) is 6.93. The standard InChI is InChI=1S/C14H15BrN2O2/c1-2-13(11-5-3-4-6-12(11)15)16-14(18)9-10-7-8-19-17-10/h3-8,13H,2,9H2,1H3,(H,16,18). The van der Waals surface area contributed by atoms with E-state index in [2.05, 4.69) is 26.4 Å². The molecule has 1 aromatic carbocycles. The van der Waals surface area contributed by atoms with E-state index in [1.807, 2.05) is 31.2 Å². The summed E-state index contributed by atoms with van der Waals surface area (Å²) in [6, 6.07) is 9.59. The van der Waals surface area contributed by atoms with Crippen molar-refractivity contribution in [3.8, 4) is 0 Å². The van der Waals surface area contributed by atoms with E-state index in [0.29, 0.717) is 5.69 Å². The molecule has 0 aliphatic rings. The fourth-order valence-corrected chi connectivity index (χ4v) is 2.46. The van der Waals surface area contributed by atoms with Crippen molar-refractivity contribution < 1.29 is 9.32 Å². The summed E-state index contributed by atoms with van der Waals surface area (Å²) >= 11 is 3.51. The van der Waals surface area contributed by atoms with Gasteiger partial charge in [0.05, 0.1) is 18.2 Å². The number of hydrogen-bond donors (Lipinski definition) is 1. The summed E-state index contributed by atoms with van der Waals surface area (Å²) in [4.78, 5) is 12.0. The lowest BCUT2D eigenvalue weighted by atomic mass is 10.0. The molecule has 1 unspecified atom stereocenters. The second-order valence-electron chi connectivity index (χ2n) is 4.22. The smallest absolute Gasteiger partial charge is 0.226 e. The van der Waals surface area contributed by atoms with Crippen LogP contribution in [0.3, 0.4) is 0 Å². The van der Waals surface area contributed by atoms with Crippen LogP contribution in [0.25, 0.3) is 0 Å². The van der Waals surface area contributed by atoms with Gasteiger partial charge in [0.25, 0.3) is 0 Å². The third-order valence-electron chi connectivity index (χ3n) is 2.86. The van der Waals surface area contributed by atoms with Gasteiger partial charge in [0.15, 0.2) is 0 Å². The summed E-state index contributed by atoms with van der Waals surface area (Å²) in [5.74, 6) is -0.0588. The van der Waals surface area contributed by atoms with E-state index in [1.165, 1.54) is 6.26 Å². The van der Waals surface area contributed by atoms with Crippen LogP contribution in [0.15, 0.2) is 45.6 Å². The fourth-order valence-electron chi connectivity index (χ4n) is 1.90. The monoisotopic (exact) mass is 322 g/mol. The van der Waals surface area contributed by atoms with Gasteiger partial charge in [0, 0.05) is 10.5 Å². The maximum absolute atomic E-state index is 12.0. The zero-order chi connectivity index (χ0) is 13.7. The van der Waals surface area contributed by atoms with Gasteiger partial charge in [-0.05, 0) is 18.1 Å². The van der Waals surface area contributed by atoms with E-state index in [0.717, 1.165) is 16.5 Å². The van der Waals surface area contributed by atoms with E-state index in [9.17, 15) is 4.79 Å². The molecule has 0 aliphatic heterocycles. The minimum atomic E-state index is -0.0588. The third-order valence-corrected chi connectivity index (χ3v) is 3.58. The number of halogens is 1. The van der Waals surface area contributed by atoms with Crippen LogP contribution in [0.5, 0.6) is 0 Å². The molecule has 2 rings (SSSR count). The van der Waals surface area contributed by atoms with Crippen LogP contribution in [-0.4, -0.2) is 11.1 Å². The molecule has 5 heteroatoms. The topological polar surface area (TPSA) is 55.1 Å². The summed E-state index contributed by atoms with van der Waals surface area (Å²) in [5.41, 5.74) is 1.72. The van der Waals surface area contributed by atoms with Gasteiger partial charge in [-0.3, -0.25) is 4.79 Å². The molecule has 0 radical (unpaired) electrons. The number of aromatic nitrogens is 1. The van der Waals surface area contributed by atoms with Gasteiger partial charge in [0.2, 0.25) is 5.91 Å². The number of hydrogen-bond acceptors (Lipinski definition) is 3. The Morgan fingerprint density at radius 3 is 2.84 bits per heavy atom. The van der Waals surface area contributed by atoms with Gasteiger partial charge < -0.3 is 9.84 Å². The second kappa shape index (κ2) is 6.52. The molecular formula is C14H15BrN2O2. The molecule has 1 heterocycles. The molecule has 0 bridgehead atoms. The molecule has 0 saturated heterocycles. The number of amides is 1. The minimum absolute atomic E-state index is 0.00465. The zero-order valence-corrected chi connectivity index (χ0v) is 12.2. The van der Waals surface area contributed by atoms with Gasteiger partial charge in [-0.2, -0.15) is 0 Å². The largest absolute Gasteiger partial charge is 0.364 e. The lowest BCUT2D eigenvalue weighted by molar-refractivity contribution is -0.121. The summed E-state index contributed by atoms with van der Waals surface area (Å²) in [6.07, 6.45) is 2.53. The lowest BCUT2D eigenvalue weighted by Gasteiger charge is -2.18. The first kappa shape index (κ1) is 13.8. The van der Waals surface area contributed by atoms with E-state index in [4.69, 9.17) is 4.52 Å². The van der Waals surface area contributed by atoms with Crippen LogP contribution < -0.4 is 5.32 Å². The Morgan fingerprint density at radius 2 is 2.21 bits per heavy atom. The van der Waals surface area contributed by atoms with Crippen LogP contribution in [0, 0.1) is 0 Å². The highest BCUT2D eigenvalue weighted by molar-refractivity contribution is 9.10. The first-order chi connectivity index (χ1) is 9.20. The molecule has 4 nitrogen and oxygen atoms in total. The van der Waals surface area contributed by atoms with Crippen LogP contribution in [0.2, 0.25) is 0 Å². The van der Waals surface area contributed by atoms with Gasteiger partial charge >= 0.3 is 0 Å². The highest BCUT2D eigenvalue weighted by atomic mass is 79.9. The Balaban J connectivity index is 2.03. The fraction of sp³-hybridized carbons (Fsp3) is 0.286. The predicted molar refractivity (Wildman–Crippen MR) is 75.5 cm³/mol. The van der Waals surface area contributed by atoms with Crippen molar-refractivity contribution in [3.05, 3.63) is 52.3 Å². The van der Waals surface area contributed by atoms with Crippen LogP contribution in [-0.2, 0) is 11.2 Å². The van der Waals surface area contributed by atoms with Gasteiger partial charge in [-0.15, -0.1) is 0 Å². The van der Waals surface area contributed by atoms with Crippen molar-refractivity contribution in [1.29, 1.82) is 0 Å². The lowest BCUT2D eigenvalue weighted by Crippen LogP contribution is -2.29. The summed E-state index contributed by atoms with van der Waals surface area (Å²) in [7, 11) is 0. The number of nitrogens with zero attached hydrogens (tertiary/aromatic N) is 1. The van der Waals surface area contributed by atoms with Gasteiger partial charge in [0.1, 0.15) is 6.26 Å². The normalized spacial score (nSPS) is 12.1. The molecule has 1 N–H and O–H groups in total. The summed E-state index contributed by atoms with van der Waals surface area (Å²) < 4.78 is 5.72. The van der Waals surface area contributed by atoms with Crippen molar-refractivity contribution in [1.82, 2.24) is 10.5 Å². The number of rotatable bonds is 5. The second-order valence-corrected chi connectivity index (χ2v) is 5.07. The SMILES string of the molecule is CCC(NC(=O)Cc1ccon1)c1ccccc1Br. The number of carbonyl (C=O) groups excluding carboxylic acids is 1. The predicted octanol–water partition coefficient (Wildman–Crippen LogP) is 3.25. The van der Waals surface area contributed by atoms with Crippen molar-refractivity contribution in [3.63, 3.8) is 0 Å². The van der Waals surface area contributed by atoms with Crippen molar-refractivity contribution in [2.45, 2.75) is 25.8 Å². The Labute approximate surface area is 120 Å². The maximum atomic E-state index is 12.0. The molecule has 1 atom stereocenters. The average Bonchev–Trinajstić information content (AvgIpc) is 2.89. The Hall–Kier alpha value is -1.62. The highest BCUT2D eigenvalue weighted by Crippen LogP contribution is 2.25. The van der Waals surface area contributed by atoms with E-state index < -0.39 is 0 Å². The van der Waals surface area contributed by atoms with Crippen LogP contribution in [0.4, 0.5) is 0 Å². The molecule has 0 spiro atoms. The quantitative estimate of drug-likeness (QED) is 0.919. The molecule has 0 fully saturated rings. The molecule has 0 aliphatic carbocycles. The van der Waals surface area contributed by atoms with Crippen LogP contribution in [0.1, 0.15) is 30.6 Å². The Bertz CT molecular complexity index is 540. The number of nitrogens with one attached hydrogen (secondary N) is 1. The van der Waals surface area contributed by atoms with Gasteiger partial charge in [-0.25, -0.2) is 0 Å². The van der Waals surface area contributed by atoms with Crippen LogP contribution >= 0.6 is 15.9 Å². The average molecular weight is 323 g/mol. The molecular weight excluding hydrogens is 308 g/mol. The zero-order valence-electron chi connectivity index (χ0n) is 10.6. The number of benzene rings is 1. The van der Waals surface area contributed by atoms with Crippen molar-refractivity contribution in [2.75, 3.05) is 0 Å². The molecule has 19 heavy (non-hydrogen) atoms. The van der Waals surface area contributed by atoms with Crippen molar-refractivity contribution >= 4 is 21.8 Å². The molecule has 0 saturated carbocycles. The molecule has 2 aromatic rings. The Morgan fingerprint density at radius 1 is 1.42 bits per heavy atom. The Kier molecular flexibility index (Phi) is 4.74. The third kappa shape index (κ3) is 3.67. The molecule has 100 valence electrons. The van der Waals surface area contributed by atoms with Gasteiger partial charge in [-0.1, -0.05) is 46.2 Å². The highest BCUT2D eigenvalue weighted by Gasteiger charge is 2.15. The summed E-state index contributed by atoms with van der Waals surface area (Å²) in [6.45, 7) is 2.04. The number of carbonyl (C=O) groups is 1. The first-order valence-electron chi connectivity index (χ1n) is 6.13. The summed E-state index contributed by atoms with van der Waals surface area (Å²) in [5, 5.41) is 6.75. The van der Waals surface area contributed by atoms with Crippen molar-refractivity contribution in [2.24, 2.45) is 0 Å². The molecule has 1 aromatic heterocycles. The van der Waals surface area contributed by atoms with E-state index in [1.54, 1.807) is 6.07 Å². The maximum Gasteiger partial charge on any atom is 0.226 e. The van der Waals surface area contributed by atoms with E-state index in [-0.39, 0.29) is 18.4 Å². The van der Waals surface area contributed by atoms with E-state index >= 15 is 0 Å².